The van der Waals surface area contributed by atoms with Crippen LogP contribution in [0.1, 0.15) is 28.2 Å². The van der Waals surface area contributed by atoms with Crippen molar-refractivity contribution < 1.29 is 27.2 Å². The largest absolute Gasteiger partial charge is 0.416 e. The summed E-state index contributed by atoms with van der Waals surface area (Å²) in [5.41, 5.74) is 0.543. The standard InChI is InChI=1S/C25H21ClF4N2O2/c1-15-6-9-18(26)13-21(15)22(24(34)32(2)14-16-7-10-19(27)11-8-16)23(33)31-20-5-3-4-17(12-20)25(28,29)30/h3-13,22H,14H2,1-2H3,(H,31,33). The minimum Gasteiger partial charge on any atom is -0.340 e. The SMILES string of the molecule is Cc1ccc(Cl)cc1C(C(=O)Nc1cccc(C(F)(F)F)c1)C(=O)N(C)Cc1ccc(F)cc1. The Bertz CT molecular complexity index is 1200. The Kier molecular flexibility index (Phi) is 7.61. The third-order valence-electron chi connectivity index (χ3n) is 5.23. The van der Waals surface area contributed by atoms with Crippen molar-refractivity contribution in [1.29, 1.82) is 0 Å². The van der Waals surface area contributed by atoms with E-state index >= 15 is 0 Å². The second-order valence-corrected chi connectivity index (χ2v) is 8.26. The molecule has 0 aromatic heterocycles. The molecule has 9 heteroatoms. The second kappa shape index (κ2) is 10.3. The zero-order chi connectivity index (χ0) is 25.0. The van der Waals surface area contributed by atoms with Crippen molar-refractivity contribution in [3.63, 3.8) is 0 Å². The number of rotatable bonds is 6. The molecule has 3 aromatic rings. The molecule has 1 N–H and O–H groups in total. The summed E-state index contributed by atoms with van der Waals surface area (Å²) in [4.78, 5) is 27.9. The number of benzene rings is 3. The number of nitrogens with zero attached hydrogens (tertiary/aromatic N) is 1. The normalized spacial score (nSPS) is 12.2. The predicted octanol–water partition coefficient (Wildman–Crippen LogP) is 6.19. The van der Waals surface area contributed by atoms with Gasteiger partial charge in [0.2, 0.25) is 11.8 Å². The van der Waals surface area contributed by atoms with Crippen LogP contribution in [0.3, 0.4) is 0 Å². The number of carbonyl (C=O) groups is 2. The van der Waals surface area contributed by atoms with E-state index < -0.39 is 35.3 Å². The lowest BCUT2D eigenvalue weighted by Gasteiger charge is -2.25. The molecule has 0 saturated heterocycles. The third kappa shape index (κ3) is 6.14. The van der Waals surface area contributed by atoms with Crippen LogP contribution in [0.2, 0.25) is 5.02 Å². The van der Waals surface area contributed by atoms with E-state index in [1.807, 2.05) is 0 Å². The van der Waals surface area contributed by atoms with E-state index in [1.165, 1.54) is 54.4 Å². The van der Waals surface area contributed by atoms with Crippen molar-refractivity contribution in [2.24, 2.45) is 0 Å². The molecule has 178 valence electrons. The molecule has 1 atom stereocenters. The number of aryl methyl sites for hydroxylation is 1. The highest BCUT2D eigenvalue weighted by Crippen LogP contribution is 2.32. The van der Waals surface area contributed by atoms with Gasteiger partial charge in [0.05, 0.1) is 5.56 Å². The molecule has 2 amide bonds. The molecule has 0 fully saturated rings. The van der Waals surface area contributed by atoms with E-state index in [4.69, 9.17) is 11.6 Å². The monoisotopic (exact) mass is 492 g/mol. The minimum atomic E-state index is -4.59. The summed E-state index contributed by atoms with van der Waals surface area (Å²) in [6.07, 6.45) is -4.59. The first-order chi connectivity index (χ1) is 16.0. The van der Waals surface area contributed by atoms with Gasteiger partial charge in [0.25, 0.3) is 0 Å². The van der Waals surface area contributed by atoms with Crippen LogP contribution in [0.15, 0.2) is 66.7 Å². The van der Waals surface area contributed by atoms with Gasteiger partial charge in [0.15, 0.2) is 0 Å². The molecule has 0 aliphatic carbocycles. The molecule has 3 aromatic carbocycles. The summed E-state index contributed by atoms with van der Waals surface area (Å²) in [5, 5.41) is 2.73. The molecule has 4 nitrogen and oxygen atoms in total. The predicted molar refractivity (Wildman–Crippen MR) is 122 cm³/mol. The maximum absolute atomic E-state index is 13.4. The number of carbonyl (C=O) groups excluding carboxylic acids is 2. The maximum Gasteiger partial charge on any atom is 0.416 e. The summed E-state index contributed by atoms with van der Waals surface area (Å²) < 4.78 is 52.5. The number of alkyl halides is 3. The van der Waals surface area contributed by atoms with E-state index in [2.05, 4.69) is 5.32 Å². The van der Waals surface area contributed by atoms with Crippen molar-refractivity contribution in [3.8, 4) is 0 Å². The van der Waals surface area contributed by atoms with Crippen molar-refractivity contribution in [2.75, 3.05) is 12.4 Å². The Morgan fingerprint density at radius 3 is 2.35 bits per heavy atom. The first-order valence-electron chi connectivity index (χ1n) is 10.2. The Labute approximate surface area is 199 Å². The Morgan fingerprint density at radius 2 is 1.71 bits per heavy atom. The molecule has 0 bridgehead atoms. The average Bonchev–Trinajstić information content (AvgIpc) is 2.77. The molecule has 0 saturated carbocycles. The van der Waals surface area contributed by atoms with Crippen LogP contribution in [0.25, 0.3) is 0 Å². The van der Waals surface area contributed by atoms with Gasteiger partial charge >= 0.3 is 6.18 Å². The van der Waals surface area contributed by atoms with Gasteiger partial charge in [-0.25, -0.2) is 4.39 Å². The Hall–Kier alpha value is -3.39. The number of hydrogen-bond acceptors (Lipinski definition) is 2. The van der Waals surface area contributed by atoms with Crippen molar-refractivity contribution in [2.45, 2.75) is 25.6 Å². The summed E-state index contributed by atoms with van der Waals surface area (Å²) in [6.45, 7) is 1.79. The maximum atomic E-state index is 13.4. The Balaban J connectivity index is 1.93. The van der Waals surface area contributed by atoms with Crippen LogP contribution in [-0.4, -0.2) is 23.8 Å². The number of anilines is 1. The zero-order valence-corrected chi connectivity index (χ0v) is 19.0. The fourth-order valence-electron chi connectivity index (χ4n) is 3.46. The fraction of sp³-hybridized carbons (Fsp3) is 0.200. The molecular formula is C25H21ClF4N2O2. The van der Waals surface area contributed by atoms with E-state index in [9.17, 15) is 27.2 Å². The molecule has 0 heterocycles. The number of halogens is 5. The van der Waals surface area contributed by atoms with Gasteiger partial charge in [0, 0.05) is 24.3 Å². The van der Waals surface area contributed by atoms with Gasteiger partial charge < -0.3 is 10.2 Å². The molecule has 0 radical (unpaired) electrons. The molecular weight excluding hydrogens is 472 g/mol. The molecule has 34 heavy (non-hydrogen) atoms. The van der Waals surface area contributed by atoms with E-state index in [-0.39, 0.29) is 12.2 Å². The lowest BCUT2D eigenvalue weighted by molar-refractivity contribution is -0.138. The topological polar surface area (TPSA) is 49.4 Å². The number of hydrogen-bond donors (Lipinski definition) is 1. The number of amides is 2. The molecule has 0 aliphatic heterocycles. The number of likely N-dealkylation sites (N-methyl/N-ethyl adjacent to an activating group) is 1. The lowest BCUT2D eigenvalue weighted by Crippen LogP contribution is -2.38. The summed E-state index contributed by atoms with van der Waals surface area (Å²) >= 11 is 6.11. The van der Waals surface area contributed by atoms with Gasteiger partial charge in [-0.05, 0) is 66.1 Å². The summed E-state index contributed by atoms with van der Waals surface area (Å²) in [7, 11) is 1.48. The van der Waals surface area contributed by atoms with Crippen LogP contribution < -0.4 is 5.32 Å². The van der Waals surface area contributed by atoms with Gasteiger partial charge in [-0.3, -0.25) is 9.59 Å². The third-order valence-corrected chi connectivity index (χ3v) is 5.46. The Morgan fingerprint density at radius 1 is 1.03 bits per heavy atom. The van der Waals surface area contributed by atoms with Crippen molar-refractivity contribution in [1.82, 2.24) is 4.90 Å². The molecule has 1 unspecified atom stereocenters. The molecule has 0 spiro atoms. The smallest absolute Gasteiger partial charge is 0.340 e. The van der Waals surface area contributed by atoms with Crippen LogP contribution in [0, 0.1) is 12.7 Å². The van der Waals surface area contributed by atoms with Crippen LogP contribution in [0.4, 0.5) is 23.2 Å². The minimum absolute atomic E-state index is 0.0894. The van der Waals surface area contributed by atoms with Gasteiger partial charge in [-0.1, -0.05) is 35.9 Å². The summed E-state index contributed by atoms with van der Waals surface area (Å²) in [5.74, 6) is -3.20. The highest BCUT2D eigenvalue weighted by molar-refractivity contribution is 6.30. The van der Waals surface area contributed by atoms with Gasteiger partial charge in [-0.2, -0.15) is 13.2 Å². The summed E-state index contributed by atoms with van der Waals surface area (Å²) in [6, 6.07) is 14.4. The number of nitrogens with one attached hydrogen (secondary N) is 1. The van der Waals surface area contributed by atoms with E-state index in [0.717, 1.165) is 12.1 Å². The van der Waals surface area contributed by atoms with E-state index in [1.54, 1.807) is 19.1 Å². The van der Waals surface area contributed by atoms with E-state index in [0.29, 0.717) is 21.7 Å². The van der Waals surface area contributed by atoms with Gasteiger partial charge in [0.1, 0.15) is 11.7 Å². The highest BCUT2D eigenvalue weighted by atomic mass is 35.5. The van der Waals surface area contributed by atoms with Crippen LogP contribution in [0.5, 0.6) is 0 Å². The zero-order valence-electron chi connectivity index (χ0n) is 18.3. The van der Waals surface area contributed by atoms with Gasteiger partial charge in [-0.15, -0.1) is 0 Å². The van der Waals surface area contributed by atoms with Crippen LogP contribution >= 0.6 is 11.6 Å². The molecule has 0 aliphatic rings. The average molecular weight is 493 g/mol. The molecule has 3 rings (SSSR count). The highest BCUT2D eigenvalue weighted by Gasteiger charge is 2.34. The van der Waals surface area contributed by atoms with Crippen molar-refractivity contribution in [3.05, 3.63) is 99.8 Å². The fourth-order valence-corrected chi connectivity index (χ4v) is 3.64. The quantitative estimate of drug-likeness (QED) is 0.329. The lowest BCUT2D eigenvalue weighted by atomic mass is 9.92. The first-order valence-corrected chi connectivity index (χ1v) is 10.6. The first kappa shape index (κ1) is 25.2. The van der Waals surface area contributed by atoms with Crippen LogP contribution in [-0.2, 0) is 22.3 Å². The second-order valence-electron chi connectivity index (χ2n) is 7.82. The van der Waals surface area contributed by atoms with Crippen molar-refractivity contribution >= 4 is 29.1 Å².